The molecule has 0 atom stereocenters. The molecule has 680 valence electrons. The first kappa shape index (κ1) is 87.8. The van der Waals surface area contributed by atoms with Crippen molar-refractivity contribution in [2.45, 2.75) is 162 Å². The third-order valence-corrected chi connectivity index (χ3v) is 32.6. The van der Waals surface area contributed by atoms with Crippen LogP contribution in [0.2, 0.25) is 0 Å². The van der Waals surface area contributed by atoms with Crippen LogP contribution in [0, 0.1) is 20.8 Å². The third-order valence-electron chi connectivity index (χ3n) is 32.6. The molecule has 24 rings (SSSR count). The summed E-state index contributed by atoms with van der Waals surface area (Å²) < 4.78 is 0. The van der Waals surface area contributed by atoms with Crippen LogP contribution >= 0.6 is 0 Å². The number of nitrogens with one attached hydrogen (secondary N) is 2. The summed E-state index contributed by atoms with van der Waals surface area (Å²) >= 11 is 0. The van der Waals surface area contributed by atoms with Crippen LogP contribution < -0.4 is 47.2 Å². The van der Waals surface area contributed by atoms with Gasteiger partial charge in [0.15, 0.2) is 14.6 Å². The molecule has 0 amide bonds. The molecule has 2 heterocycles. The van der Waals surface area contributed by atoms with E-state index in [-0.39, 0.29) is 32.5 Å². The normalized spacial score (nSPS) is 15.6. The fourth-order valence-electron chi connectivity index (χ4n) is 24.4. The Balaban J connectivity index is 0.641. The number of hydrogen-bond donors (Lipinski definition) is 2. The van der Waals surface area contributed by atoms with Crippen molar-refractivity contribution in [1.29, 1.82) is 0 Å². The van der Waals surface area contributed by atoms with Crippen molar-refractivity contribution in [1.82, 2.24) is 0 Å². The molecule has 2 radical (unpaired) electrons. The van der Waals surface area contributed by atoms with Gasteiger partial charge in [-0.3, -0.25) is 0 Å². The molecule has 0 unspecified atom stereocenters. The number of fused-ring (bicyclic) bond motifs is 14. The zero-order chi connectivity index (χ0) is 95.8. The summed E-state index contributed by atoms with van der Waals surface area (Å²) in [6.45, 7) is 36.5. The van der Waals surface area contributed by atoms with Crippen LogP contribution in [-0.2, 0) is 32.5 Å². The highest BCUT2D eigenvalue weighted by Gasteiger charge is 2.47. The third kappa shape index (κ3) is 14.6. The number of rotatable bonds is 16. The van der Waals surface area contributed by atoms with Gasteiger partial charge in [0.1, 0.15) is 0 Å². The lowest BCUT2D eigenvalue weighted by atomic mass is 9.56. The standard InChI is InChI=1S/C133H117B2N5/c1-82-71-107-109(130(8,9)68-66-128(107,4)5)80-117(82)137-116-63-59-93(75-102(116)104-79-112-123(101-50-29-32-52-106(101)133(112,14)15)127-125(104)134-113-62-58-94(86-38-22-17-23-39-86)76-121(113)140(127)120-81-110-108(72-84(120)3)129(6,7)67-69-131(110,10)11)88-56-54-87(55-57-88)89-40-34-41-90(73-89)92-60-64-118(83(2)70-92)139-119-65-61-98(138(96-44-24-18-25-45-96)97-46-26-19-27-47-97)77-114(119)135-124-103(78-111-122(126(124)139)100-49-28-31-51-105(100)132(111,12)13)99-48-30-33-53-115(99)136-95-43-35-42-91(74-95)85-36-20-16-21-37-85/h16-65,70-81,136-137H,66-69H2,1-15H3. The quantitative estimate of drug-likeness (QED) is 0.0943. The summed E-state index contributed by atoms with van der Waals surface area (Å²) in [7, 11) is 5.04. The molecule has 0 saturated heterocycles. The molecule has 2 aliphatic heterocycles. The molecule has 0 bridgehead atoms. The first-order valence-electron chi connectivity index (χ1n) is 50.3. The second-order valence-corrected chi connectivity index (χ2v) is 44.0. The fourth-order valence-corrected chi connectivity index (χ4v) is 24.4. The minimum atomic E-state index is -0.353. The van der Waals surface area contributed by atoms with Crippen LogP contribution in [0.25, 0.3) is 100 Å². The summed E-state index contributed by atoms with van der Waals surface area (Å²) in [5.74, 6) is 0. The molecular formula is C133H117B2N5. The Hall–Kier alpha value is -14.9. The van der Waals surface area contributed by atoms with Gasteiger partial charge in [-0.1, -0.05) is 349 Å². The monoisotopic (exact) mass is 1810 g/mol. The van der Waals surface area contributed by atoms with Gasteiger partial charge in [-0.2, -0.15) is 0 Å². The van der Waals surface area contributed by atoms with Gasteiger partial charge in [-0.15, -0.1) is 0 Å². The van der Waals surface area contributed by atoms with E-state index in [0.717, 1.165) is 149 Å². The predicted molar refractivity (Wildman–Crippen MR) is 598 cm³/mol. The maximum Gasteiger partial charge on any atom is 0.198 e. The van der Waals surface area contributed by atoms with Crippen molar-refractivity contribution in [3.05, 3.63) is 437 Å². The van der Waals surface area contributed by atoms with E-state index in [2.05, 4.69) is 520 Å². The Kier molecular flexibility index (Phi) is 20.8. The summed E-state index contributed by atoms with van der Waals surface area (Å²) in [6.07, 6.45) is 4.55. The van der Waals surface area contributed by atoms with E-state index in [0.29, 0.717) is 0 Å². The number of anilines is 13. The Morgan fingerprint density at radius 1 is 0.236 bits per heavy atom. The van der Waals surface area contributed by atoms with E-state index < -0.39 is 0 Å². The summed E-state index contributed by atoms with van der Waals surface area (Å²) in [5.41, 5.74) is 54.9. The second-order valence-electron chi connectivity index (χ2n) is 44.0. The summed E-state index contributed by atoms with van der Waals surface area (Å²) in [4.78, 5) is 7.73. The van der Waals surface area contributed by atoms with E-state index in [9.17, 15) is 0 Å². The molecule has 5 nitrogen and oxygen atoms in total. The van der Waals surface area contributed by atoms with Gasteiger partial charge in [-0.05, 0) is 339 Å². The maximum atomic E-state index is 4.29. The SMILES string of the molecule is Cc1cc2c(cc1Nc1ccc(-c3ccc(-c4cccc(-c5ccc(N6c7ccc(N(c8ccccc8)c8ccccc8)cc7[B]c7c(-c8ccccc8Nc8cccc(-c9ccccc9)c8)cc8c(c76)-c6ccccc6C8(C)C)c(C)c5)c4)cc3)cc1-c1cc3c(c4c1[B]c1ccc(-c5ccccc5)cc1N4c1cc4c(cc1C)C(C)(C)CCC4(C)C)-c1ccccc1C3(C)C)C(C)(C)CCC2(C)C. The number of benzene rings is 18. The van der Waals surface area contributed by atoms with E-state index in [1.54, 1.807) is 0 Å². The smallest absolute Gasteiger partial charge is 0.198 e. The van der Waals surface area contributed by atoms with E-state index >= 15 is 0 Å². The zero-order valence-corrected chi connectivity index (χ0v) is 83.1. The van der Waals surface area contributed by atoms with Gasteiger partial charge in [-0.25, -0.2) is 0 Å². The first-order valence-corrected chi connectivity index (χ1v) is 50.3. The minimum absolute atomic E-state index is 0.00850. The van der Waals surface area contributed by atoms with E-state index in [1.807, 2.05) is 0 Å². The molecular weight excluding hydrogens is 1690 g/mol. The first-order chi connectivity index (χ1) is 67.6. The molecule has 18 aromatic rings. The Morgan fingerprint density at radius 2 is 0.643 bits per heavy atom. The highest BCUT2D eigenvalue weighted by molar-refractivity contribution is 6.74. The van der Waals surface area contributed by atoms with Crippen LogP contribution in [0.1, 0.15) is 170 Å². The van der Waals surface area contributed by atoms with Gasteiger partial charge >= 0.3 is 0 Å². The number of para-hydroxylation sites is 3. The van der Waals surface area contributed by atoms with Gasteiger partial charge in [0.2, 0.25) is 0 Å². The summed E-state index contributed by atoms with van der Waals surface area (Å²) in [6, 6.07) is 142. The Labute approximate surface area is 829 Å². The largest absolute Gasteiger partial charge is 0.355 e. The topological polar surface area (TPSA) is 33.8 Å². The lowest BCUT2D eigenvalue weighted by Gasteiger charge is -2.44. The van der Waals surface area contributed by atoms with Gasteiger partial charge < -0.3 is 25.3 Å². The zero-order valence-electron chi connectivity index (χ0n) is 83.1. The maximum absolute atomic E-state index is 4.29. The molecule has 4 aliphatic carbocycles. The van der Waals surface area contributed by atoms with Crippen molar-refractivity contribution in [2.75, 3.05) is 25.3 Å². The lowest BCUT2D eigenvalue weighted by Crippen LogP contribution is -2.42. The van der Waals surface area contributed by atoms with Gasteiger partial charge in [0.25, 0.3) is 0 Å². The predicted octanol–water partition coefficient (Wildman–Crippen LogP) is 33.4. The molecule has 140 heavy (non-hydrogen) atoms. The minimum Gasteiger partial charge on any atom is -0.355 e. The van der Waals surface area contributed by atoms with Crippen LogP contribution in [-0.4, -0.2) is 14.6 Å². The van der Waals surface area contributed by atoms with Gasteiger partial charge in [0.05, 0.1) is 0 Å². The highest BCUT2D eigenvalue weighted by Crippen LogP contribution is 2.61. The average Bonchev–Trinajstić information content (AvgIpc) is 1.50. The van der Waals surface area contributed by atoms with Crippen LogP contribution in [0.15, 0.2) is 376 Å². The second kappa shape index (κ2) is 33.2. The molecule has 0 spiro atoms. The van der Waals surface area contributed by atoms with Crippen molar-refractivity contribution in [3.8, 4) is 100 Å². The highest BCUT2D eigenvalue weighted by atomic mass is 15.2. The molecule has 7 heteroatoms. The Morgan fingerprint density at radius 3 is 1.22 bits per heavy atom. The molecule has 2 N–H and O–H groups in total. The van der Waals surface area contributed by atoms with Gasteiger partial charge in [0, 0.05) is 107 Å². The van der Waals surface area contributed by atoms with Crippen LogP contribution in [0.4, 0.5) is 73.9 Å². The fraction of sp³-hybridized carbons (Fsp3) is 0.188. The molecule has 0 fully saturated rings. The van der Waals surface area contributed by atoms with Crippen molar-refractivity contribution in [3.63, 3.8) is 0 Å². The van der Waals surface area contributed by atoms with Crippen molar-refractivity contribution >= 4 is 110 Å². The van der Waals surface area contributed by atoms with Crippen LogP contribution in [0.5, 0.6) is 0 Å². The average molecular weight is 1810 g/mol. The summed E-state index contributed by atoms with van der Waals surface area (Å²) in [5, 5.41) is 8.28. The van der Waals surface area contributed by atoms with E-state index in [1.165, 1.54) is 134 Å². The van der Waals surface area contributed by atoms with Crippen molar-refractivity contribution in [2.24, 2.45) is 0 Å². The van der Waals surface area contributed by atoms with Crippen LogP contribution in [0.3, 0.4) is 0 Å². The van der Waals surface area contributed by atoms with Crippen molar-refractivity contribution < 1.29 is 0 Å². The van der Waals surface area contributed by atoms with E-state index in [4.69, 9.17) is 0 Å². The number of aryl methyl sites for hydroxylation is 3. The Bertz CT molecular complexity index is 8040. The number of hydrogen-bond acceptors (Lipinski definition) is 5. The molecule has 0 aromatic heterocycles. The molecule has 6 aliphatic rings. The molecule has 0 saturated carbocycles. The molecule has 18 aromatic carbocycles. The lowest BCUT2D eigenvalue weighted by molar-refractivity contribution is 0.332. The number of nitrogens with zero attached hydrogens (tertiary/aromatic N) is 3.